The molecular weight excluding hydrogens is 322 g/mol. The number of nitrogens with zero attached hydrogens (tertiary/aromatic N) is 2. The van der Waals surface area contributed by atoms with Crippen LogP contribution < -0.4 is 5.56 Å². The molecule has 5 nitrogen and oxygen atoms in total. The fourth-order valence-corrected chi connectivity index (χ4v) is 3.82. The van der Waals surface area contributed by atoms with Crippen molar-refractivity contribution in [2.45, 2.75) is 13.0 Å². The van der Waals surface area contributed by atoms with E-state index in [1.54, 1.807) is 40.8 Å². The van der Waals surface area contributed by atoms with Gasteiger partial charge in [0.1, 0.15) is 5.56 Å². The van der Waals surface area contributed by atoms with Gasteiger partial charge in [-0.2, -0.15) is 0 Å². The van der Waals surface area contributed by atoms with Crippen molar-refractivity contribution in [2.75, 3.05) is 6.54 Å². The number of hydrogen-bond acceptors (Lipinski definition) is 4. The number of hydrogen-bond donors (Lipinski definition) is 1. The molecule has 0 radical (unpaired) electrons. The van der Waals surface area contributed by atoms with Crippen LogP contribution in [0.4, 0.5) is 0 Å². The van der Waals surface area contributed by atoms with Crippen molar-refractivity contribution in [3.05, 3.63) is 74.5 Å². The maximum atomic E-state index is 12.7. The Morgan fingerprint density at radius 1 is 1.17 bits per heavy atom. The molecule has 0 bridgehead atoms. The van der Waals surface area contributed by atoms with E-state index in [1.807, 2.05) is 12.1 Å². The molecule has 1 N–H and O–H groups in total. The summed E-state index contributed by atoms with van der Waals surface area (Å²) in [5.41, 5.74) is 2.56. The lowest BCUT2D eigenvalue weighted by molar-refractivity contribution is 0.0734. The van der Waals surface area contributed by atoms with E-state index in [9.17, 15) is 9.59 Å². The van der Waals surface area contributed by atoms with Crippen molar-refractivity contribution in [1.29, 1.82) is 0 Å². The van der Waals surface area contributed by atoms with Crippen molar-refractivity contribution in [1.82, 2.24) is 14.9 Å². The van der Waals surface area contributed by atoms with Crippen LogP contribution >= 0.6 is 11.3 Å². The molecular formula is C18H15N3O2S. The molecule has 0 aliphatic carbocycles. The number of aromatic amines is 1. The summed E-state index contributed by atoms with van der Waals surface area (Å²) in [4.78, 5) is 34.9. The Labute approximate surface area is 142 Å². The molecule has 6 heteroatoms. The Kier molecular flexibility index (Phi) is 3.74. The van der Waals surface area contributed by atoms with Gasteiger partial charge in [0, 0.05) is 41.6 Å². The summed E-state index contributed by atoms with van der Waals surface area (Å²) in [6.45, 7) is 1.22. The van der Waals surface area contributed by atoms with Crippen LogP contribution in [0, 0.1) is 0 Å². The average Bonchev–Trinajstić information content (AvgIpc) is 3.09. The number of nitrogens with one attached hydrogen (secondary N) is 1. The maximum Gasteiger partial charge on any atom is 0.261 e. The molecule has 1 amide bonds. The Balaban J connectivity index is 1.61. The summed E-state index contributed by atoms with van der Waals surface area (Å²) in [6, 6.07) is 9.06. The first-order valence-electron chi connectivity index (χ1n) is 7.70. The van der Waals surface area contributed by atoms with Crippen molar-refractivity contribution in [3.63, 3.8) is 0 Å². The molecule has 3 aromatic heterocycles. The van der Waals surface area contributed by atoms with Gasteiger partial charge < -0.3 is 9.88 Å². The highest BCUT2D eigenvalue weighted by Gasteiger charge is 2.24. The predicted octanol–water partition coefficient (Wildman–Crippen LogP) is 2.70. The molecule has 0 atom stereocenters. The van der Waals surface area contributed by atoms with Gasteiger partial charge in [-0.1, -0.05) is 0 Å². The summed E-state index contributed by atoms with van der Waals surface area (Å²) in [6.07, 6.45) is 4.18. The SMILES string of the molecule is O=C(c1ccc(-c2ccncc2)[nH]c1=O)N1CCc2sccc2C1. The number of H-pyrrole nitrogens is 1. The molecule has 0 saturated heterocycles. The van der Waals surface area contributed by atoms with Gasteiger partial charge in [0.2, 0.25) is 0 Å². The normalized spacial score (nSPS) is 13.6. The van der Waals surface area contributed by atoms with E-state index in [1.165, 1.54) is 10.4 Å². The Morgan fingerprint density at radius 3 is 2.79 bits per heavy atom. The minimum atomic E-state index is -0.356. The van der Waals surface area contributed by atoms with Gasteiger partial charge in [-0.05, 0) is 47.7 Å². The smallest absolute Gasteiger partial charge is 0.261 e. The Morgan fingerprint density at radius 2 is 2.00 bits per heavy atom. The van der Waals surface area contributed by atoms with Crippen molar-refractivity contribution >= 4 is 17.2 Å². The van der Waals surface area contributed by atoms with Gasteiger partial charge in [0.15, 0.2) is 0 Å². The minimum absolute atomic E-state index is 0.187. The molecule has 4 rings (SSSR count). The lowest BCUT2D eigenvalue weighted by Gasteiger charge is -2.26. The second-order valence-corrected chi connectivity index (χ2v) is 6.70. The number of fused-ring (bicyclic) bond motifs is 1. The van der Waals surface area contributed by atoms with E-state index in [-0.39, 0.29) is 17.0 Å². The average molecular weight is 337 g/mol. The van der Waals surface area contributed by atoms with Gasteiger partial charge in [0.25, 0.3) is 11.5 Å². The van der Waals surface area contributed by atoms with E-state index in [4.69, 9.17) is 0 Å². The van der Waals surface area contributed by atoms with Crippen molar-refractivity contribution < 1.29 is 4.79 Å². The van der Waals surface area contributed by atoms with Crippen LogP contribution in [0.2, 0.25) is 0 Å². The lowest BCUT2D eigenvalue weighted by Crippen LogP contribution is -2.38. The molecule has 0 aromatic carbocycles. The number of carbonyl (C=O) groups excluding carboxylic acids is 1. The van der Waals surface area contributed by atoms with Gasteiger partial charge >= 0.3 is 0 Å². The molecule has 24 heavy (non-hydrogen) atoms. The van der Waals surface area contributed by atoms with Crippen LogP contribution in [0.25, 0.3) is 11.3 Å². The molecule has 1 aliphatic rings. The zero-order valence-electron chi connectivity index (χ0n) is 12.9. The zero-order chi connectivity index (χ0) is 16.5. The highest BCUT2D eigenvalue weighted by Crippen LogP contribution is 2.24. The molecule has 0 spiro atoms. The van der Waals surface area contributed by atoms with Crippen LogP contribution in [0.15, 0.2) is 52.9 Å². The van der Waals surface area contributed by atoms with Crippen LogP contribution in [0.5, 0.6) is 0 Å². The molecule has 1 aliphatic heterocycles. The fraction of sp³-hybridized carbons (Fsp3) is 0.167. The van der Waals surface area contributed by atoms with E-state index < -0.39 is 0 Å². The van der Waals surface area contributed by atoms with Crippen LogP contribution in [-0.2, 0) is 13.0 Å². The standard InChI is InChI=1S/C18H15N3O2S/c22-17-14(1-2-15(20-17)12-3-7-19-8-4-12)18(23)21-9-5-16-13(11-21)6-10-24-16/h1-4,6-8,10H,5,9,11H2,(H,20,22). The van der Waals surface area contributed by atoms with Gasteiger partial charge in [-0.3, -0.25) is 14.6 Å². The molecule has 120 valence electrons. The minimum Gasteiger partial charge on any atom is -0.334 e. The van der Waals surface area contributed by atoms with Gasteiger partial charge in [-0.15, -0.1) is 11.3 Å². The van der Waals surface area contributed by atoms with Gasteiger partial charge in [0.05, 0.1) is 0 Å². The van der Waals surface area contributed by atoms with E-state index >= 15 is 0 Å². The van der Waals surface area contributed by atoms with E-state index in [0.717, 1.165) is 12.0 Å². The quantitative estimate of drug-likeness (QED) is 0.782. The molecule has 0 saturated carbocycles. The fourth-order valence-electron chi connectivity index (χ4n) is 2.93. The third-order valence-corrected chi connectivity index (χ3v) is 5.25. The zero-order valence-corrected chi connectivity index (χ0v) is 13.7. The topological polar surface area (TPSA) is 66.1 Å². The number of rotatable bonds is 2. The Hall–Kier alpha value is -2.73. The number of pyridine rings is 2. The number of carbonyl (C=O) groups is 1. The van der Waals surface area contributed by atoms with E-state index in [2.05, 4.69) is 21.4 Å². The number of amides is 1. The second-order valence-electron chi connectivity index (χ2n) is 5.70. The summed E-state index contributed by atoms with van der Waals surface area (Å²) in [7, 11) is 0. The summed E-state index contributed by atoms with van der Waals surface area (Å²) in [5.74, 6) is -0.214. The highest BCUT2D eigenvalue weighted by molar-refractivity contribution is 7.10. The van der Waals surface area contributed by atoms with Crippen molar-refractivity contribution in [3.8, 4) is 11.3 Å². The second kappa shape index (κ2) is 6.05. The third-order valence-electron chi connectivity index (χ3n) is 4.23. The van der Waals surface area contributed by atoms with Crippen LogP contribution in [-0.4, -0.2) is 27.3 Å². The van der Waals surface area contributed by atoms with E-state index in [0.29, 0.717) is 18.8 Å². The molecule has 3 aromatic rings. The summed E-state index contributed by atoms with van der Waals surface area (Å²) < 4.78 is 0. The predicted molar refractivity (Wildman–Crippen MR) is 93.1 cm³/mol. The van der Waals surface area contributed by atoms with Gasteiger partial charge in [-0.25, -0.2) is 0 Å². The molecule has 4 heterocycles. The Bertz CT molecular complexity index is 946. The molecule has 0 fully saturated rings. The number of thiophene rings is 1. The third kappa shape index (κ3) is 2.65. The van der Waals surface area contributed by atoms with Crippen LogP contribution in [0.1, 0.15) is 20.8 Å². The monoisotopic (exact) mass is 337 g/mol. The first-order chi connectivity index (χ1) is 11.7. The van der Waals surface area contributed by atoms with Crippen molar-refractivity contribution in [2.24, 2.45) is 0 Å². The first kappa shape index (κ1) is 14.8. The maximum absolute atomic E-state index is 12.7. The summed E-state index contributed by atoms with van der Waals surface area (Å²) in [5, 5.41) is 2.05. The number of aromatic nitrogens is 2. The highest BCUT2D eigenvalue weighted by atomic mass is 32.1. The largest absolute Gasteiger partial charge is 0.334 e. The lowest BCUT2D eigenvalue weighted by atomic mass is 10.1. The summed E-state index contributed by atoms with van der Waals surface area (Å²) >= 11 is 1.73. The first-order valence-corrected chi connectivity index (χ1v) is 8.58. The molecule has 0 unspecified atom stereocenters. The van der Waals surface area contributed by atoms with Crippen LogP contribution in [0.3, 0.4) is 0 Å².